The van der Waals surface area contributed by atoms with Gasteiger partial charge in [0.2, 0.25) is 0 Å². The van der Waals surface area contributed by atoms with Gasteiger partial charge in [-0.25, -0.2) is 22.2 Å². The van der Waals surface area contributed by atoms with Gasteiger partial charge in [0.1, 0.15) is 0 Å². The van der Waals surface area contributed by atoms with Crippen LogP contribution in [0.3, 0.4) is 0 Å². The second-order valence-corrected chi connectivity index (χ2v) is 7.83. The normalized spacial score (nSPS) is 12.1. The monoisotopic (exact) mass is 338 g/mol. The van der Waals surface area contributed by atoms with Crippen molar-refractivity contribution in [2.75, 3.05) is 7.05 Å². The molecule has 0 amide bonds. The molecule has 2 aromatic rings. The van der Waals surface area contributed by atoms with Crippen molar-refractivity contribution < 1.29 is 17.2 Å². The van der Waals surface area contributed by atoms with Crippen LogP contribution in [-0.2, 0) is 16.6 Å². The Morgan fingerprint density at radius 3 is 2.60 bits per heavy atom. The van der Waals surface area contributed by atoms with Crippen LogP contribution in [0.2, 0.25) is 4.47 Å². The average molecular weight is 339 g/mol. The molecule has 0 saturated carbocycles. The zero-order valence-electron chi connectivity index (χ0n) is 10.2. The number of rotatable bonds is 4. The molecule has 0 aliphatic heterocycles. The Morgan fingerprint density at radius 2 is 2.05 bits per heavy atom. The van der Waals surface area contributed by atoms with Crippen molar-refractivity contribution in [1.82, 2.24) is 9.29 Å². The molecule has 0 atom stereocenters. The molecule has 0 unspecified atom stereocenters. The van der Waals surface area contributed by atoms with Crippen molar-refractivity contribution in [2.45, 2.75) is 10.8 Å². The molecule has 108 valence electrons. The summed E-state index contributed by atoms with van der Waals surface area (Å²) in [4.78, 5) is 3.67. The van der Waals surface area contributed by atoms with Gasteiger partial charge in [0.05, 0.1) is 6.20 Å². The first kappa shape index (κ1) is 15.3. The Bertz CT molecular complexity index is 734. The van der Waals surface area contributed by atoms with Gasteiger partial charge in [0, 0.05) is 13.6 Å². The fraction of sp³-hybridized carbons (Fsp3) is 0.182. The summed E-state index contributed by atoms with van der Waals surface area (Å²) in [5, 5.41) is 0. The molecule has 1 aromatic carbocycles. The minimum Gasteiger partial charge on any atom is -0.232 e. The van der Waals surface area contributed by atoms with Crippen LogP contribution in [0.5, 0.6) is 0 Å². The first-order valence-electron chi connectivity index (χ1n) is 5.32. The number of hydrogen-bond donors (Lipinski definition) is 0. The van der Waals surface area contributed by atoms with Crippen molar-refractivity contribution in [1.29, 1.82) is 0 Å². The standard InChI is InChI=1S/C11H9ClF2N2O2S2/c1-16(6-7-2-3-8(13)9(14)4-7)20(17,18)10-5-15-11(12)19-10/h2-5H,6H2,1H3. The molecule has 1 aromatic heterocycles. The van der Waals surface area contributed by atoms with Gasteiger partial charge in [-0.3, -0.25) is 0 Å². The van der Waals surface area contributed by atoms with Gasteiger partial charge in [0.25, 0.3) is 10.0 Å². The lowest BCUT2D eigenvalue weighted by Crippen LogP contribution is -2.25. The number of nitrogens with zero attached hydrogens (tertiary/aromatic N) is 2. The fourth-order valence-electron chi connectivity index (χ4n) is 1.49. The van der Waals surface area contributed by atoms with E-state index in [2.05, 4.69) is 4.98 Å². The minimum atomic E-state index is -3.75. The lowest BCUT2D eigenvalue weighted by molar-refractivity contribution is 0.463. The highest BCUT2D eigenvalue weighted by atomic mass is 35.5. The van der Waals surface area contributed by atoms with Gasteiger partial charge in [-0.2, -0.15) is 4.31 Å². The van der Waals surface area contributed by atoms with Gasteiger partial charge >= 0.3 is 0 Å². The zero-order chi connectivity index (χ0) is 14.9. The Balaban J connectivity index is 2.23. The Hall–Kier alpha value is -1.09. The van der Waals surface area contributed by atoms with E-state index in [4.69, 9.17) is 11.6 Å². The van der Waals surface area contributed by atoms with Crippen LogP contribution < -0.4 is 0 Å². The average Bonchev–Trinajstić information content (AvgIpc) is 2.81. The molecule has 0 saturated heterocycles. The highest BCUT2D eigenvalue weighted by Crippen LogP contribution is 2.25. The predicted molar refractivity (Wildman–Crippen MR) is 72.1 cm³/mol. The summed E-state index contributed by atoms with van der Waals surface area (Å²) in [6.45, 7) is -0.0882. The van der Waals surface area contributed by atoms with E-state index in [1.165, 1.54) is 13.1 Å². The van der Waals surface area contributed by atoms with Gasteiger partial charge in [-0.1, -0.05) is 29.0 Å². The summed E-state index contributed by atoms with van der Waals surface area (Å²) in [5.41, 5.74) is 0.339. The van der Waals surface area contributed by atoms with Gasteiger partial charge in [-0.15, -0.1) is 0 Å². The highest BCUT2D eigenvalue weighted by molar-refractivity contribution is 7.91. The first-order chi connectivity index (χ1) is 9.30. The van der Waals surface area contributed by atoms with E-state index in [9.17, 15) is 17.2 Å². The summed E-state index contributed by atoms with van der Waals surface area (Å²) in [6, 6.07) is 3.24. The summed E-state index contributed by atoms with van der Waals surface area (Å²) in [7, 11) is -2.41. The van der Waals surface area contributed by atoms with Gasteiger partial charge < -0.3 is 0 Å². The van der Waals surface area contributed by atoms with Crippen LogP contribution in [0, 0.1) is 11.6 Å². The van der Waals surface area contributed by atoms with Crippen molar-refractivity contribution in [3.63, 3.8) is 0 Å². The molecule has 9 heteroatoms. The number of thiazole rings is 1. The number of aromatic nitrogens is 1. The summed E-state index contributed by atoms with van der Waals surface area (Å²) in [5.74, 6) is -2.00. The number of sulfonamides is 1. The van der Waals surface area contributed by atoms with Crippen molar-refractivity contribution in [2.24, 2.45) is 0 Å². The van der Waals surface area contributed by atoms with Crippen LogP contribution in [-0.4, -0.2) is 24.8 Å². The van der Waals surface area contributed by atoms with Crippen molar-refractivity contribution in [3.8, 4) is 0 Å². The molecular weight excluding hydrogens is 330 g/mol. The second kappa shape index (κ2) is 5.72. The lowest BCUT2D eigenvalue weighted by atomic mass is 10.2. The molecular formula is C11H9ClF2N2O2S2. The SMILES string of the molecule is CN(Cc1ccc(F)c(F)c1)S(=O)(=O)c1cnc(Cl)s1. The maximum atomic E-state index is 13.1. The van der Waals surface area contributed by atoms with E-state index in [-0.39, 0.29) is 15.2 Å². The highest BCUT2D eigenvalue weighted by Gasteiger charge is 2.23. The third-order valence-corrected chi connectivity index (χ3v) is 5.87. The summed E-state index contributed by atoms with van der Waals surface area (Å²) in [6.07, 6.45) is 1.16. The number of halogens is 3. The molecule has 0 radical (unpaired) electrons. The maximum absolute atomic E-state index is 13.1. The van der Waals surface area contributed by atoms with Crippen molar-refractivity contribution in [3.05, 3.63) is 46.1 Å². The van der Waals surface area contributed by atoms with Crippen LogP contribution in [0.15, 0.2) is 28.6 Å². The molecule has 1 heterocycles. The molecule has 20 heavy (non-hydrogen) atoms. The second-order valence-electron chi connectivity index (χ2n) is 3.94. The minimum absolute atomic E-state index is 0.00687. The van der Waals surface area contributed by atoms with Gasteiger partial charge in [-0.05, 0) is 17.7 Å². The molecule has 0 aliphatic carbocycles. The van der Waals surface area contributed by atoms with E-state index in [1.54, 1.807) is 0 Å². The Labute approximate surface area is 123 Å². The van der Waals surface area contributed by atoms with Crippen LogP contribution in [0.25, 0.3) is 0 Å². The summed E-state index contributed by atoms with van der Waals surface area (Å²) >= 11 is 6.43. The molecule has 0 spiro atoms. The first-order valence-corrected chi connectivity index (χ1v) is 7.96. The van der Waals surface area contributed by atoms with E-state index in [0.717, 1.165) is 34.0 Å². The van der Waals surface area contributed by atoms with E-state index >= 15 is 0 Å². The third kappa shape index (κ3) is 3.14. The Kier molecular flexibility index (Phi) is 4.38. The quantitative estimate of drug-likeness (QED) is 0.861. The molecule has 4 nitrogen and oxygen atoms in total. The molecule has 0 N–H and O–H groups in total. The van der Waals surface area contributed by atoms with Crippen LogP contribution in [0.1, 0.15) is 5.56 Å². The van der Waals surface area contributed by atoms with E-state index < -0.39 is 21.7 Å². The number of hydrogen-bond acceptors (Lipinski definition) is 4. The molecule has 2 rings (SSSR count). The van der Waals surface area contributed by atoms with Crippen LogP contribution >= 0.6 is 22.9 Å². The lowest BCUT2D eigenvalue weighted by Gasteiger charge is -2.15. The topological polar surface area (TPSA) is 50.3 Å². The Morgan fingerprint density at radius 1 is 1.35 bits per heavy atom. The third-order valence-electron chi connectivity index (χ3n) is 2.51. The largest absolute Gasteiger partial charge is 0.254 e. The predicted octanol–water partition coefficient (Wildman–Crippen LogP) is 2.90. The molecule has 0 aliphatic rings. The van der Waals surface area contributed by atoms with Crippen LogP contribution in [0.4, 0.5) is 8.78 Å². The number of benzene rings is 1. The van der Waals surface area contributed by atoms with Crippen molar-refractivity contribution >= 4 is 33.0 Å². The molecule has 0 bridgehead atoms. The van der Waals surface area contributed by atoms with E-state index in [1.807, 2.05) is 0 Å². The molecule has 0 fully saturated rings. The summed E-state index contributed by atoms with van der Waals surface area (Å²) < 4.78 is 51.4. The van der Waals surface area contributed by atoms with E-state index in [0.29, 0.717) is 5.56 Å². The van der Waals surface area contributed by atoms with Gasteiger partial charge in [0.15, 0.2) is 20.3 Å². The maximum Gasteiger partial charge on any atom is 0.254 e. The smallest absolute Gasteiger partial charge is 0.232 e. The fourth-order valence-corrected chi connectivity index (χ4v) is 4.16. The zero-order valence-corrected chi connectivity index (χ0v) is 12.6.